The maximum atomic E-state index is 12.2. The Hall–Kier alpha value is -2.09. The molecule has 3 heterocycles. The van der Waals surface area contributed by atoms with Gasteiger partial charge in [-0.25, -0.2) is 9.97 Å². The van der Waals surface area contributed by atoms with Gasteiger partial charge in [-0.15, -0.1) is 0 Å². The molecule has 1 atom stereocenters. The van der Waals surface area contributed by atoms with Crippen LogP contribution < -0.4 is 10.9 Å². The van der Waals surface area contributed by atoms with Gasteiger partial charge in [0.1, 0.15) is 0 Å². The molecule has 2 aromatic rings. The number of rotatable bonds is 5. The largest absolute Gasteiger partial charge is 0.356 e. The van der Waals surface area contributed by atoms with E-state index in [9.17, 15) is 9.59 Å². The Morgan fingerprint density at radius 3 is 3.18 bits per heavy atom. The van der Waals surface area contributed by atoms with E-state index in [0.717, 1.165) is 13.0 Å². The van der Waals surface area contributed by atoms with Gasteiger partial charge in [0.15, 0.2) is 5.16 Å². The van der Waals surface area contributed by atoms with Crippen molar-refractivity contribution in [3.05, 3.63) is 41.3 Å². The van der Waals surface area contributed by atoms with Gasteiger partial charge < -0.3 is 9.88 Å². The molecule has 0 fully saturated rings. The molecule has 1 aliphatic rings. The molecule has 8 heteroatoms. The van der Waals surface area contributed by atoms with Crippen LogP contribution in [0.15, 0.2) is 40.9 Å². The number of carbonyl (C=O) groups is 1. The highest BCUT2D eigenvalue weighted by atomic mass is 32.2. The molecule has 0 saturated heterocycles. The van der Waals surface area contributed by atoms with E-state index in [2.05, 4.69) is 15.3 Å². The minimum atomic E-state index is -0.187. The summed E-state index contributed by atoms with van der Waals surface area (Å²) in [5.74, 6) is 0.469. The first-order valence-corrected chi connectivity index (χ1v) is 8.14. The Labute approximate surface area is 131 Å². The molecule has 7 nitrogen and oxygen atoms in total. The lowest BCUT2D eigenvalue weighted by molar-refractivity contribution is -0.124. The highest BCUT2D eigenvalue weighted by Gasteiger charge is 2.25. The second kappa shape index (κ2) is 6.78. The average Bonchev–Trinajstić information content (AvgIpc) is 3.05. The molecule has 0 bridgehead atoms. The lowest BCUT2D eigenvalue weighted by atomic mass is 10.1. The minimum Gasteiger partial charge on any atom is -0.356 e. The van der Waals surface area contributed by atoms with E-state index < -0.39 is 0 Å². The highest BCUT2D eigenvalue weighted by Crippen LogP contribution is 2.24. The molecule has 1 aliphatic heterocycles. The second-order valence-corrected chi connectivity index (χ2v) is 6.12. The van der Waals surface area contributed by atoms with Gasteiger partial charge in [0.25, 0.3) is 5.56 Å². The molecule has 2 aromatic heterocycles. The van der Waals surface area contributed by atoms with Crippen LogP contribution in [-0.4, -0.2) is 37.3 Å². The lowest BCUT2D eigenvalue weighted by Crippen LogP contribution is -2.40. The third-order valence-electron chi connectivity index (χ3n) is 3.54. The predicted octanol–water partition coefficient (Wildman–Crippen LogP) is 0.368. The van der Waals surface area contributed by atoms with Crippen LogP contribution in [0.2, 0.25) is 0 Å². The zero-order valence-electron chi connectivity index (χ0n) is 12.0. The molecular weight excluding hydrogens is 302 g/mol. The van der Waals surface area contributed by atoms with Gasteiger partial charge in [0.2, 0.25) is 5.91 Å². The Morgan fingerprint density at radius 2 is 2.36 bits per heavy atom. The molecule has 3 rings (SSSR count). The van der Waals surface area contributed by atoms with E-state index in [1.54, 1.807) is 17.1 Å². The zero-order valence-corrected chi connectivity index (χ0v) is 12.8. The quantitative estimate of drug-likeness (QED) is 0.636. The molecule has 1 unspecified atom stereocenters. The summed E-state index contributed by atoms with van der Waals surface area (Å²) in [5, 5.41) is 3.63. The van der Waals surface area contributed by atoms with Gasteiger partial charge in [0, 0.05) is 50.0 Å². The Bertz CT molecular complexity index is 698. The number of thioether (sulfide) groups is 1. The van der Waals surface area contributed by atoms with Crippen molar-refractivity contribution in [1.29, 1.82) is 0 Å². The number of imidazole rings is 1. The van der Waals surface area contributed by atoms with Crippen LogP contribution in [-0.2, 0) is 17.9 Å². The van der Waals surface area contributed by atoms with E-state index >= 15 is 0 Å². The van der Waals surface area contributed by atoms with E-state index in [1.807, 2.05) is 10.8 Å². The smallest absolute Gasteiger partial charge is 0.254 e. The third-order valence-corrected chi connectivity index (χ3v) is 4.69. The highest BCUT2D eigenvalue weighted by molar-refractivity contribution is 7.99. The van der Waals surface area contributed by atoms with Crippen LogP contribution in [0.4, 0.5) is 0 Å². The summed E-state index contributed by atoms with van der Waals surface area (Å²) >= 11 is 1.46. The zero-order chi connectivity index (χ0) is 15.4. The summed E-state index contributed by atoms with van der Waals surface area (Å²) in [6.07, 6.45) is 7.75. The van der Waals surface area contributed by atoms with Crippen LogP contribution in [0.1, 0.15) is 6.42 Å². The van der Waals surface area contributed by atoms with Gasteiger partial charge in [-0.1, -0.05) is 11.8 Å². The molecule has 0 spiro atoms. The van der Waals surface area contributed by atoms with Gasteiger partial charge in [-0.05, 0) is 6.42 Å². The number of fused-ring (bicyclic) bond motifs is 1. The van der Waals surface area contributed by atoms with Crippen molar-refractivity contribution in [3.8, 4) is 0 Å². The van der Waals surface area contributed by atoms with Gasteiger partial charge in [-0.3, -0.25) is 14.2 Å². The Morgan fingerprint density at radius 1 is 1.45 bits per heavy atom. The molecular formula is C14H17N5O2S. The Balaban J connectivity index is 1.49. The normalized spacial score (nSPS) is 17.0. The number of aryl methyl sites for hydroxylation is 1. The van der Waals surface area contributed by atoms with Crippen LogP contribution in [0.5, 0.6) is 0 Å². The molecule has 0 aliphatic carbocycles. The summed E-state index contributed by atoms with van der Waals surface area (Å²) in [7, 11) is 0. The van der Waals surface area contributed by atoms with Gasteiger partial charge in [-0.2, -0.15) is 0 Å². The first-order valence-electron chi connectivity index (χ1n) is 7.16. The number of amides is 1. The van der Waals surface area contributed by atoms with E-state index in [-0.39, 0.29) is 17.4 Å². The molecule has 1 amide bonds. The fraction of sp³-hybridized carbons (Fsp3) is 0.429. The Kier molecular flexibility index (Phi) is 4.57. The van der Waals surface area contributed by atoms with Crippen molar-refractivity contribution >= 4 is 17.7 Å². The maximum absolute atomic E-state index is 12.2. The molecule has 0 saturated carbocycles. The van der Waals surface area contributed by atoms with Crippen LogP contribution in [0.3, 0.4) is 0 Å². The number of nitrogens with zero attached hydrogens (tertiary/aromatic N) is 4. The first-order chi connectivity index (χ1) is 10.7. The first kappa shape index (κ1) is 14.8. The summed E-state index contributed by atoms with van der Waals surface area (Å²) < 4.78 is 3.55. The summed E-state index contributed by atoms with van der Waals surface area (Å²) in [6, 6.07) is 1.43. The summed E-state index contributed by atoms with van der Waals surface area (Å²) in [6.45, 7) is 1.85. The number of hydrogen-bond donors (Lipinski definition) is 1. The number of aromatic nitrogens is 4. The molecule has 116 valence electrons. The van der Waals surface area contributed by atoms with Crippen molar-refractivity contribution in [3.63, 3.8) is 0 Å². The average molecular weight is 319 g/mol. The van der Waals surface area contributed by atoms with Gasteiger partial charge in [0.05, 0.1) is 12.2 Å². The number of hydrogen-bond acceptors (Lipinski definition) is 5. The van der Waals surface area contributed by atoms with Crippen molar-refractivity contribution in [1.82, 2.24) is 24.4 Å². The topological polar surface area (TPSA) is 81.8 Å². The second-order valence-electron chi connectivity index (χ2n) is 5.13. The molecule has 1 N–H and O–H groups in total. The molecule has 0 radical (unpaired) electrons. The minimum absolute atomic E-state index is 0.000431. The van der Waals surface area contributed by atoms with Crippen LogP contribution >= 0.6 is 11.8 Å². The SMILES string of the molecule is O=C(NCCCn1ccnc1)C1CSc2nccc(=O)n2C1. The van der Waals surface area contributed by atoms with Crippen LogP contribution in [0.25, 0.3) is 0 Å². The molecule has 0 aromatic carbocycles. The standard InChI is InChI=1S/C14H17N5O2S/c20-12-2-4-17-14-19(12)8-11(9-22-14)13(21)16-3-1-6-18-7-5-15-10-18/h2,4-5,7,10-11H,1,3,6,8-9H2,(H,16,21). The maximum Gasteiger partial charge on any atom is 0.254 e. The summed E-state index contributed by atoms with van der Waals surface area (Å²) in [5.41, 5.74) is -0.102. The third kappa shape index (κ3) is 3.38. The molecule has 22 heavy (non-hydrogen) atoms. The van der Waals surface area contributed by atoms with E-state index in [0.29, 0.717) is 24.0 Å². The summed E-state index contributed by atoms with van der Waals surface area (Å²) in [4.78, 5) is 32.1. The van der Waals surface area contributed by atoms with Crippen LogP contribution in [0, 0.1) is 5.92 Å². The number of carbonyl (C=O) groups excluding carboxylic acids is 1. The fourth-order valence-corrected chi connectivity index (χ4v) is 3.41. The lowest BCUT2D eigenvalue weighted by Gasteiger charge is -2.23. The van der Waals surface area contributed by atoms with Gasteiger partial charge >= 0.3 is 0 Å². The van der Waals surface area contributed by atoms with E-state index in [1.165, 1.54) is 24.0 Å². The monoisotopic (exact) mass is 319 g/mol. The fourth-order valence-electron chi connectivity index (χ4n) is 2.35. The van der Waals surface area contributed by atoms with Crippen molar-refractivity contribution in [2.75, 3.05) is 12.3 Å². The van der Waals surface area contributed by atoms with Crippen molar-refractivity contribution in [2.45, 2.75) is 24.7 Å². The predicted molar refractivity (Wildman–Crippen MR) is 82.6 cm³/mol. The van der Waals surface area contributed by atoms with Crippen molar-refractivity contribution in [2.24, 2.45) is 5.92 Å². The number of nitrogens with one attached hydrogen (secondary N) is 1. The van der Waals surface area contributed by atoms with Crippen molar-refractivity contribution < 1.29 is 4.79 Å². The van der Waals surface area contributed by atoms with E-state index in [4.69, 9.17) is 0 Å².